The molecule has 1 aliphatic rings. The van der Waals surface area contributed by atoms with Crippen molar-refractivity contribution in [2.45, 2.75) is 145 Å². The summed E-state index contributed by atoms with van der Waals surface area (Å²) in [6.07, 6.45) is 22.4. The van der Waals surface area contributed by atoms with Crippen LogP contribution in [0.4, 0.5) is 0 Å². The van der Waals surface area contributed by atoms with E-state index in [0.29, 0.717) is 0 Å². The smallest absolute Gasteiger partial charge is 0 e. The standard InChI is InChI=1S/C21H42.2C2H6.2H2O.H2/c1-4-5-6-7-9-15-21(18-19(2)3)17-12-16-20-13-10-8-11-14-20;2*1-2;;;/h19-21H,4-18H2,1-3H3;2*1-2H3;2*1H2;1H/t21-;;;;;/m1...../s1. The lowest BCUT2D eigenvalue weighted by Crippen LogP contribution is -2.09. The third-order valence-electron chi connectivity index (χ3n) is 5.47. The molecule has 0 amide bonds. The molecule has 0 aromatic heterocycles. The zero-order valence-corrected chi connectivity index (χ0v) is 20.3. The first-order valence-corrected chi connectivity index (χ1v) is 12.2. The van der Waals surface area contributed by atoms with Crippen molar-refractivity contribution < 1.29 is 12.4 Å². The van der Waals surface area contributed by atoms with Crippen LogP contribution in [0.5, 0.6) is 0 Å². The number of hydrogen-bond acceptors (Lipinski definition) is 0. The first kappa shape index (κ1) is 34.4. The fourth-order valence-corrected chi connectivity index (χ4v) is 4.25. The van der Waals surface area contributed by atoms with Crippen molar-refractivity contribution in [2.75, 3.05) is 0 Å². The average molecular weight is 393 g/mol. The van der Waals surface area contributed by atoms with Crippen molar-refractivity contribution in [3.63, 3.8) is 0 Å². The van der Waals surface area contributed by atoms with Gasteiger partial charge in [0.05, 0.1) is 0 Å². The van der Waals surface area contributed by atoms with E-state index in [1.807, 2.05) is 27.7 Å². The Hall–Kier alpha value is -0.0800. The summed E-state index contributed by atoms with van der Waals surface area (Å²) >= 11 is 0. The Morgan fingerprint density at radius 3 is 1.78 bits per heavy atom. The Morgan fingerprint density at radius 2 is 1.26 bits per heavy atom. The summed E-state index contributed by atoms with van der Waals surface area (Å²) in [5.41, 5.74) is 0. The third-order valence-corrected chi connectivity index (χ3v) is 5.47. The molecule has 0 aromatic carbocycles. The van der Waals surface area contributed by atoms with Gasteiger partial charge in [0.15, 0.2) is 0 Å². The monoisotopic (exact) mass is 392 g/mol. The van der Waals surface area contributed by atoms with Crippen LogP contribution in [-0.4, -0.2) is 11.0 Å². The van der Waals surface area contributed by atoms with Crippen molar-refractivity contribution in [1.82, 2.24) is 0 Å². The van der Waals surface area contributed by atoms with E-state index in [9.17, 15) is 0 Å². The van der Waals surface area contributed by atoms with Crippen molar-refractivity contribution >= 4 is 0 Å². The molecule has 4 N–H and O–H groups in total. The Bertz CT molecular complexity index is 229. The summed E-state index contributed by atoms with van der Waals surface area (Å²) < 4.78 is 0. The lowest BCUT2D eigenvalue weighted by Gasteiger charge is -2.23. The van der Waals surface area contributed by atoms with Crippen LogP contribution in [-0.2, 0) is 0 Å². The van der Waals surface area contributed by atoms with Crippen molar-refractivity contribution in [2.24, 2.45) is 17.8 Å². The van der Waals surface area contributed by atoms with Gasteiger partial charge in [-0.25, -0.2) is 0 Å². The maximum atomic E-state index is 2.41. The van der Waals surface area contributed by atoms with Gasteiger partial charge in [-0.2, -0.15) is 0 Å². The molecule has 0 aromatic rings. The molecule has 27 heavy (non-hydrogen) atoms. The summed E-state index contributed by atoms with van der Waals surface area (Å²) in [5.74, 6) is 3.00. The molecule has 1 saturated carbocycles. The number of unbranched alkanes of at least 4 members (excludes halogenated alkanes) is 4. The highest BCUT2D eigenvalue weighted by Crippen LogP contribution is 2.30. The summed E-state index contributed by atoms with van der Waals surface area (Å²) in [6, 6.07) is 0. The summed E-state index contributed by atoms with van der Waals surface area (Å²) in [7, 11) is 0. The van der Waals surface area contributed by atoms with E-state index >= 15 is 0 Å². The SMILES string of the molecule is CC.CC.CCCCCCC[C@H](CCCC1CCCCC1)CC(C)C.O.O.[HH]. The largest absolute Gasteiger partial charge is 0.412 e. The zero-order valence-electron chi connectivity index (χ0n) is 20.3. The minimum absolute atomic E-state index is 0. The van der Waals surface area contributed by atoms with Crippen LogP contribution in [0.3, 0.4) is 0 Å². The second kappa shape index (κ2) is 28.1. The molecule has 172 valence electrons. The van der Waals surface area contributed by atoms with Gasteiger partial charge < -0.3 is 11.0 Å². The molecular weight excluding hydrogens is 332 g/mol. The van der Waals surface area contributed by atoms with E-state index in [0.717, 1.165) is 17.8 Å². The minimum atomic E-state index is 0. The topological polar surface area (TPSA) is 63.0 Å². The molecule has 0 saturated heterocycles. The molecule has 0 radical (unpaired) electrons. The van der Waals surface area contributed by atoms with E-state index in [4.69, 9.17) is 0 Å². The van der Waals surface area contributed by atoms with E-state index in [-0.39, 0.29) is 12.4 Å². The van der Waals surface area contributed by atoms with Crippen LogP contribution in [0.25, 0.3) is 0 Å². The fraction of sp³-hybridized carbons (Fsp3) is 1.00. The number of hydrogen-bond donors (Lipinski definition) is 0. The van der Waals surface area contributed by atoms with Gasteiger partial charge in [0.25, 0.3) is 0 Å². The second-order valence-corrected chi connectivity index (χ2v) is 8.13. The molecule has 1 atom stereocenters. The Morgan fingerprint density at radius 1 is 0.741 bits per heavy atom. The maximum absolute atomic E-state index is 2.41. The average Bonchev–Trinajstić information content (AvgIpc) is 2.65. The van der Waals surface area contributed by atoms with Gasteiger partial charge in [-0.05, 0) is 24.2 Å². The highest BCUT2D eigenvalue weighted by molar-refractivity contribution is 4.68. The second-order valence-electron chi connectivity index (χ2n) is 8.13. The highest BCUT2D eigenvalue weighted by atomic mass is 16.0. The van der Waals surface area contributed by atoms with Gasteiger partial charge in [-0.1, -0.05) is 138 Å². The Kier molecular flexibility index (Phi) is 35.9. The van der Waals surface area contributed by atoms with Crippen molar-refractivity contribution in [3.8, 4) is 0 Å². The van der Waals surface area contributed by atoms with Crippen LogP contribution in [0.1, 0.15) is 146 Å². The van der Waals surface area contributed by atoms with Gasteiger partial charge >= 0.3 is 0 Å². The predicted molar refractivity (Wildman–Crippen MR) is 129 cm³/mol. The third kappa shape index (κ3) is 23.9. The van der Waals surface area contributed by atoms with Gasteiger partial charge in [0.1, 0.15) is 0 Å². The first-order chi connectivity index (χ1) is 12.2. The van der Waals surface area contributed by atoms with E-state index in [1.165, 1.54) is 96.3 Å². The van der Waals surface area contributed by atoms with Gasteiger partial charge in [-0.15, -0.1) is 0 Å². The summed E-state index contributed by atoms with van der Waals surface area (Å²) in [5, 5.41) is 0. The van der Waals surface area contributed by atoms with Gasteiger partial charge in [-0.3, -0.25) is 0 Å². The zero-order chi connectivity index (χ0) is 19.3. The van der Waals surface area contributed by atoms with Crippen molar-refractivity contribution in [3.05, 3.63) is 0 Å². The van der Waals surface area contributed by atoms with E-state index < -0.39 is 0 Å². The van der Waals surface area contributed by atoms with E-state index in [2.05, 4.69) is 20.8 Å². The lowest BCUT2D eigenvalue weighted by molar-refractivity contribution is 0.296. The summed E-state index contributed by atoms with van der Waals surface area (Å²) in [6.45, 7) is 15.1. The Balaban J connectivity index is -0.000000236. The molecular formula is C25H60O2. The molecule has 0 unspecified atom stereocenters. The Labute approximate surface area is 175 Å². The van der Waals surface area contributed by atoms with Crippen LogP contribution >= 0.6 is 0 Å². The molecule has 0 heterocycles. The van der Waals surface area contributed by atoms with Gasteiger partial charge in [0.2, 0.25) is 0 Å². The van der Waals surface area contributed by atoms with Gasteiger partial charge in [0, 0.05) is 1.43 Å². The predicted octanol–water partition coefficient (Wildman–Crippen LogP) is 8.41. The maximum Gasteiger partial charge on any atom is 0 e. The lowest BCUT2D eigenvalue weighted by atomic mass is 9.83. The van der Waals surface area contributed by atoms with Crippen molar-refractivity contribution in [1.29, 1.82) is 0 Å². The quantitative estimate of drug-likeness (QED) is 0.299. The molecule has 1 rings (SSSR count). The normalized spacial score (nSPS) is 14.7. The molecule has 0 bridgehead atoms. The minimum Gasteiger partial charge on any atom is -0.412 e. The molecule has 1 fully saturated rings. The molecule has 0 aliphatic heterocycles. The van der Waals surface area contributed by atoms with Crippen LogP contribution in [0.15, 0.2) is 0 Å². The first-order valence-electron chi connectivity index (χ1n) is 12.2. The fourth-order valence-electron chi connectivity index (χ4n) is 4.25. The molecule has 0 spiro atoms. The van der Waals surface area contributed by atoms with E-state index in [1.54, 1.807) is 0 Å². The molecule has 2 nitrogen and oxygen atoms in total. The molecule has 2 heteroatoms. The number of rotatable bonds is 12. The molecule has 1 aliphatic carbocycles. The van der Waals surface area contributed by atoms with Crippen LogP contribution < -0.4 is 0 Å². The highest BCUT2D eigenvalue weighted by Gasteiger charge is 2.15. The van der Waals surface area contributed by atoms with Crippen LogP contribution in [0, 0.1) is 17.8 Å². The summed E-state index contributed by atoms with van der Waals surface area (Å²) in [4.78, 5) is 0. The van der Waals surface area contributed by atoms with Crippen LogP contribution in [0.2, 0.25) is 0 Å².